The minimum atomic E-state index is -5.02. The van der Waals surface area contributed by atoms with Crippen LogP contribution in [0.3, 0.4) is 0 Å². The van der Waals surface area contributed by atoms with Crippen LogP contribution in [0.2, 0.25) is 0 Å². The number of halogens is 6. The van der Waals surface area contributed by atoms with Gasteiger partial charge in [0.2, 0.25) is 5.88 Å². The fraction of sp³-hybridized carbons (Fsp3) is 0.480. The lowest BCUT2D eigenvalue weighted by atomic mass is 9.92. The molecule has 0 bridgehead atoms. The second-order valence-electron chi connectivity index (χ2n) is 9.02. The lowest BCUT2D eigenvalue weighted by molar-refractivity contribution is -0.143. The first-order chi connectivity index (χ1) is 17.7. The van der Waals surface area contributed by atoms with Gasteiger partial charge in [-0.15, -0.1) is 0 Å². The Bertz CT molecular complexity index is 1180. The van der Waals surface area contributed by atoms with Crippen molar-refractivity contribution in [3.8, 4) is 12.1 Å². The summed E-state index contributed by atoms with van der Waals surface area (Å²) in [6, 6.07) is 2.91. The van der Waals surface area contributed by atoms with Crippen LogP contribution in [0.25, 0.3) is 0 Å². The Morgan fingerprint density at radius 2 is 1.76 bits per heavy atom. The second kappa shape index (κ2) is 11.0. The maximum Gasteiger partial charge on any atom is 0.416 e. The first-order valence-electron chi connectivity index (χ1n) is 11.7. The van der Waals surface area contributed by atoms with Gasteiger partial charge in [-0.2, -0.15) is 31.6 Å². The van der Waals surface area contributed by atoms with Crippen LogP contribution >= 0.6 is 0 Å². The highest BCUT2D eigenvalue weighted by atomic mass is 19.4. The molecule has 1 aliphatic heterocycles. The summed E-state index contributed by atoms with van der Waals surface area (Å²) >= 11 is 0. The molecular formula is C25H26F6N4O3. The van der Waals surface area contributed by atoms with Gasteiger partial charge in [0.25, 0.3) is 0 Å². The standard InChI is InChI=1S/C25H26F6N4O3/c1-5-18-11-20(22-19(6-7-21(33-22)37-4)35(18)23(36)38-14(2)3)34(13-32)12-15-8-16(24(26,27)28)10-17(9-15)25(29,30)31/h6-10,14,18,20H,5,11-12H2,1-4H3. The Morgan fingerprint density at radius 1 is 1.16 bits per heavy atom. The van der Waals surface area contributed by atoms with E-state index in [1.807, 2.05) is 6.19 Å². The van der Waals surface area contributed by atoms with Crippen molar-refractivity contribution in [1.82, 2.24) is 9.88 Å². The van der Waals surface area contributed by atoms with Gasteiger partial charge in [0.15, 0.2) is 6.19 Å². The van der Waals surface area contributed by atoms with E-state index in [4.69, 9.17) is 9.47 Å². The Kier molecular flexibility index (Phi) is 8.33. The SMILES string of the molecule is CCC1CC(N(C#N)Cc2cc(C(F)(F)F)cc(C(F)(F)F)c2)c2nc(OC)ccc2N1C(=O)OC(C)C. The molecule has 7 nitrogen and oxygen atoms in total. The van der Waals surface area contributed by atoms with E-state index in [9.17, 15) is 36.4 Å². The van der Waals surface area contributed by atoms with E-state index < -0.39 is 54.3 Å². The Morgan fingerprint density at radius 3 is 2.24 bits per heavy atom. The van der Waals surface area contributed by atoms with Gasteiger partial charge >= 0.3 is 18.4 Å². The van der Waals surface area contributed by atoms with Crippen LogP contribution in [-0.4, -0.2) is 35.2 Å². The predicted molar refractivity (Wildman–Crippen MR) is 124 cm³/mol. The van der Waals surface area contributed by atoms with Crippen LogP contribution in [0.5, 0.6) is 5.88 Å². The van der Waals surface area contributed by atoms with Crippen LogP contribution in [0.1, 0.15) is 62.0 Å². The molecule has 0 fully saturated rings. The summed E-state index contributed by atoms with van der Waals surface area (Å²) < 4.78 is 90.8. The van der Waals surface area contributed by atoms with Crippen molar-refractivity contribution in [2.45, 2.75) is 70.7 Å². The summed E-state index contributed by atoms with van der Waals surface area (Å²) in [4.78, 5) is 19.8. The molecule has 0 N–H and O–H groups in total. The van der Waals surface area contributed by atoms with E-state index in [1.165, 1.54) is 18.1 Å². The number of ether oxygens (including phenoxy) is 2. The Hall–Kier alpha value is -3.69. The minimum Gasteiger partial charge on any atom is -0.481 e. The van der Waals surface area contributed by atoms with Crippen molar-refractivity contribution in [2.75, 3.05) is 12.0 Å². The maximum absolute atomic E-state index is 13.4. The van der Waals surface area contributed by atoms with Gasteiger partial charge in [-0.1, -0.05) is 6.92 Å². The van der Waals surface area contributed by atoms with Crippen molar-refractivity contribution in [2.24, 2.45) is 0 Å². The monoisotopic (exact) mass is 544 g/mol. The Labute approximate surface area is 215 Å². The zero-order chi connectivity index (χ0) is 28.4. The average Bonchev–Trinajstić information content (AvgIpc) is 2.84. The van der Waals surface area contributed by atoms with E-state index >= 15 is 0 Å². The molecule has 1 aliphatic rings. The van der Waals surface area contributed by atoms with E-state index in [-0.39, 0.29) is 29.6 Å². The zero-order valence-electron chi connectivity index (χ0n) is 21.0. The molecule has 2 unspecified atom stereocenters. The smallest absolute Gasteiger partial charge is 0.416 e. The molecule has 0 spiro atoms. The molecule has 1 amide bonds. The third-order valence-corrected chi connectivity index (χ3v) is 6.03. The molecule has 1 aromatic carbocycles. The molecule has 2 heterocycles. The number of carbonyl (C=O) groups is 1. The first-order valence-corrected chi connectivity index (χ1v) is 11.7. The van der Waals surface area contributed by atoms with Crippen LogP contribution in [0.4, 0.5) is 36.8 Å². The molecule has 2 atom stereocenters. The van der Waals surface area contributed by atoms with Gasteiger partial charge in [-0.05, 0) is 56.5 Å². The van der Waals surface area contributed by atoms with Crippen LogP contribution in [-0.2, 0) is 23.6 Å². The highest BCUT2D eigenvalue weighted by molar-refractivity contribution is 5.90. The first kappa shape index (κ1) is 28.9. The number of nitrogens with zero attached hydrogens (tertiary/aromatic N) is 4. The number of rotatable bonds is 6. The van der Waals surface area contributed by atoms with Gasteiger partial charge < -0.3 is 9.47 Å². The van der Waals surface area contributed by atoms with Crippen LogP contribution in [0, 0.1) is 11.5 Å². The summed E-state index contributed by atoms with van der Waals surface area (Å²) in [6.07, 6.45) is -8.68. The molecule has 1 aromatic heterocycles. The molecule has 2 aromatic rings. The molecule has 13 heteroatoms. The predicted octanol–water partition coefficient (Wildman–Crippen LogP) is 6.69. The Balaban J connectivity index is 2.10. The lowest BCUT2D eigenvalue weighted by Crippen LogP contribution is -2.48. The molecule has 0 saturated heterocycles. The summed E-state index contributed by atoms with van der Waals surface area (Å²) in [6.45, 7) is 4.61. The number of pyridine rings is 1. The topological polar surface area (TPSA) is 78.7 Å². The molecule has 0 radical (unpaired) electrons. The summed E-state index contributed by atoms with van der Waals surface area (Å²) in [5.74, 6) is 0.150. The number of methoxy groups -OCH3 is 1. The number of amides is 1. The third kappa shape index (κ3) is 6.23. The zero-order valence-corrected chi connectivity index (χ0v) is 21.0. The van der Waals surface area contributed by atoms with Crippen molar-refractivity contribution >= 4 is 11.8 Å². The summed E-state index contributed by atoms with van der Waals surface area (Å²) in [5, 5.41) is 9.97. The van der Waals surface area contributed by atoms with E-state index in [0.29, 0.717) is 24.2 Å². The van der Waals surface area contributed by atoms with Crippen molar-refractivity contribution in [1.29, 1.82) is 5.26 Å². The summed E-state index contributed by atoms with van der Waals surface area (Å²) in [7, 11) is 1.36. The number of benzene rings is 1. The molecule has 0 saturated carbocycles. The van der Waals surface area contributed by atoms with Gasteiger partial charge in [0.05, 0.1) is 48.3 Å². The number of nitriles is 1. The van der Waals surface area contributed by atoms with Gasteiger partial charge in [0.1, 0.15) is 0 Å². The molecule has 206 valence electrons. The fourth-order valence-corrected chi connectivity index (χ4v) is 4.34. The number of fused-ring (bicyclic) bond motifs is 1. The number of anilines is 1. The van der Waals surface area contributed by atoms with Crippen LogP contribution < -0.4 is 9.64 Å². The minimum absolute atomic E-state index is 0.0356. The molecule has 0 aliphatic carbocycles. The van der Waals surface area contributed by atoms with Gasteiger partial charge in [-0.25, -0.2) is 9.78 Å². The molecular weight excluding hydrogens is 518 g/mol. The number of alkyl halides is 6. The molecule has 38 heavy (non-hydrogen) atoms. The van der Waals surface area contributed by atoms with Crippen molar-refractivity contribution in [3.63, 3.8) is 0 Å². The number of hydrogen-bond acceptors (Lipinski definition) is 6. The molecule has 3 rings (SSSR count). The highest BCUT2D eigenvalue weighted by Crippen LogP contribution is 2.43. The van der Waals surface area contributed by atoms with E-state index in [0.717, 1.165) is 4.90 Å². The number of hydrogen-bond donors (Lipinski definition) is 0. The van der Waals surface area contributed by atoms with Crippen LogP contribution in [0.15, 0.2) is 30.3 Å². The number of aromatic nitrogens is 1. The summed E-state index contributed by atoms with van der Waals surface area (Å²) in [5.41, 5.74) is -2.79. The van der Waals surface area contributed by atoms with E-state index in [2.05, 4.69) is 4.98 Å². The van der Waals surface area contributed by atoms with Crippen molar-refractivity contribution < 1.29 is 40.6 Å². The second-order valence-corrected chi connectivity index (χ2v) is 9.02. The lowest BCUT2D eigenvalue weighted by Gasteiger charge is -2.41. The fourth-order valence-electron chi connectivity index (χ4n) is 4.34. The average molecular weight is 544 g/mol. The maximum atomic E-state index is 13.4. The van der Waals surface area contributed by atoms with E-state index in [1.54, 1.807) is 26.8 Å². The normalized spacial score (nSPS) is 17.6. The van der Waals surface area contributed by atoms with Crippen molar-refractivity contribution in [3.05, 3.63) is 52.7 Å². The highest BCUT2D eigenvalue weighted by Gasteiger charge is 2.41. The third-order valence-electron chi connectivity index (χ3n) is 6.03. The largest absolute Gasteiger partial charge is 0.481 e. The quantitative estimate of drug-likeness (QED) is 0.229. The van der Waals surface area contributed by atoms with Gasteiger partial charge in [-0.3, -0.25) is 9.80 Å². The number of carbonyl (C=O) groups excluding carboxylic acids is 1. The van der Waals surface area contributed by atoms with Gasteiger partial charge in [0, 0.05) is 12.1 Å².